The molecule has 16 heavy (non-hydrogen) atoms. The minimum Gasteiger partial charge on any atom is -0.380 e. The normalized spacial score (nSPS) is 12.7. The van der Waals surface area contributed by atoms with E-state index in [-0.39, 0.29) is 0 Å². The number of halogens is 1. The van der Waals surface area contributed by atoms with E-state index in [1.807, 2.05) is 6.92 Å². The van der Waals surface area contributed by atoms with Crippen LogP contribution in [0.4, 0.5) is 0 Å². The first-order chi connectivity index (χ1) is 7.74. The number of hydrogen-bond donors (Lipinski definition) is 1. The SMILES string of the molecule is CCn1nccc1C(O)c1ncccc1Cl. The summed E-state index contributed by atoms with van der Waals surface area (Å²) in [6.45, 7) is 2.66. The van der Waals surface area contributed by atoms with E-state index in [4.69, 9.17) is 11.6 Å². The molecule has 0 radical (unpaired) electrons. The molecule has 0 fully saturated rings. The Morgan fingerprint density at radius 3 is 2.94 bits per heavy atom. The van der Waals surface area contributed by atoms with Crippen molar-refractivity contribution in [3.05, 3.63) is 47.0 Å². The maximum atomic E-state index is 10.2. The van der Waals surface area contributed by atoms with Crippen LogP contribution >= 0.6 is 11.6 Å². The van der Waals surface area contributed by atoms with Crippen LogP contribution in [0.2, 0.25) is 5.02 Å². The van der Waals surface area contributed by atoms with Gasteiger partial charge in [-0.25, -0.2) is 0 Å². The van der Waals surface area contributed by atoms with Crippen molar-refractivity contribution in [3.8, 4) is 0 Å². The zero-order valence-corrected chi connectivity index (χ0v) is 9.59. The fourth-order valence-corrected chi connectivity index (χ4v) is 1.80. The molecule has 0 amide bonds. The molecule has 0 aliphatic rings. The minimum atomic E-state index is -0.837. The van der Waals surface area contributed by atoms with E-state index in [2.05, 4.69) is 10.1 Å². The summed E-state index contributed by atoms with van der Waals surface area (Å²) in [7, 11) is 0. The van der Waals surface area contributed by atoms with Crippen molar-refractivity contribution in [2.45, 2.75) is 19.6 Å². The van der Waals surface area contributed by atoms with Crippen LogP contribution in [0.5, 0.6) is 0 Å². The molecule has 0 aliphatic carbocycles. The summed E-state index contributed by atoms with van der Waals surface area (Å²) >= 11 is 5.98. The van der Waals surface area contributed by atoms with Gasteiger partial charge in [-0.2, -0.15) is 5.10 Å². The molecule has 1 atom stereocenters. The van der Waals surface area contributed by atoms with Gasteiger partial charge >= 0.3 is 0 Å². The Hall–Kier alpha value is -1.39. The molecule has 84 valence electrons. The molecule has 0 aromatic carbocycles. The van der Waals surface area contributed by atoms with Crippen molar-refractivity contribution in [1.29, 1.82) is 0 Å². The Bertz CT molecular complexity index is 484. The lowest BCUT2D eigenvalue weighted by atomic mass is 10.1. The second kappa shape index (κ2) is 4.63. The van der Waals surface area contributed by atoms with E-state index < -0.39 is 6.10 Å². The van der Waals surface area contributed by atoms with Crippen LogP contribution in [-0.2, 0) is 6.54 Å². The number of hydrogen-bond acceptors (Lipinski definition) is 3. The molecule has 5 heteroatoms. The monoisotopic (exact) mass is 237 g/mol. The Labute approximate surface area is 98.5 Å². The third-order valence-electron chi connectivity index (χ3n) is 2.38. The molecule has 2 heterocycles. The number of aliphatic hydroxyl groups excluding tert-OH is 1. The fourth-order valence-electron chi connectivity index (χ4n) is 1.58. The fraction of sp³-hybridized carbons (Fsp3) is 0.273. The largest absolute Gasteiger partial charge is 0.380 e. The van der Waals surface area contributed by atoms with Crippen LogP contribution in [-0.4, -0.2) is 19.9 Å². The predicted molar refractivity (Wildman–Crippen MR) is 61.2 cm³/mol. The Morgan fingerprint density at radius 2 is 2.25 bits per heavy atom. The molecule has 0 spiro atoms. The smallest absolute Gasteiger partial charge is 0.139 e. The summed E-state index contributed by atoms with van der Waals surface area (Å²) < 4.78 is 1.72. The van der Waals surface area contributed by atoms with Gasteiger partial charge in [0.05, 0.1) is 16.4 Å². The first-order valence-electron chi connectivity index (χ1n) is 5.04. The van der Waals surface area contributed by atoms with Gasteiger partial charge in [0.15, 0.2) is 0 Å². The van der Waals surface area contributed by atoms with Crippen LogP contribution in [0.3, 0.4) is 0 Å². The molecule has 2 aromatic heterocycles. The minimum absolute atomic E-state index is 0.457. The van der Waals surface area contributed by atoms with E-state index in [0.717, 1.165) is 0 Å². The molecule has 1 N–H and O–H groups in total. The lowest BCUT2D eigenvalue weighted by Crippen LogP contribution is -2.10. The van der Waals surface area contributed by atoms with E-state index in [9.17, 15) is 5.11 Å². The van der Waals surface area contributed by atoms with E-state index in [1.165, 1.54) is 0 Å². The van der Waals surface area contributed by atoms with Gasteiger partial charge in [0.2, 0.25) is 0 Å². The average molecular weight is 238 g/mol. The van der Waals surface area contributed by atoms with Crippen molar-refractivity contribution < 1.29 is 5.11 Å². The summed E-state index contributed by atoms with van der Waals surface area (Å²) in [6, 6.07) is 5.20. The third kappa shape index (κ3) is 1.94. The maximum absolute atomic E-state index is 10.2. The lowest BCUT2D eigenvalue weighted by molar-refractivity contribution is 0.203. The van der Waals surface area contributed by atoms with Crippen LogP contribution in [0.15, 0.2) is 30.6 Å². The highest BCUT2D eigenvalue weighted by Crippen LogP contribution is 2.25. The first-order valence-corrected chi connectivity index (χ1v) is 5.42. The zero-order valence-electron chi connectivity index (χ0n) is 8.84. The van der Waals surface area contributed by atoms with Crippen molar-refractivity contribution in [1.82, 2.24) is 14.8 Å². The third-order valence-corrected chi connectivity index (χ3v) is 2.69. The van der Waals surface area contributed by atoms with Crippen molar-refractivity contribution >= 4 is 11.6 Å². The number of aliphatic hydroxyl groups is 1. The molecule has 2 aromatic rings. The Kier molecular flexibility index (Phi) is 3.22. The molecular formula is C11H12ClN3O. The summed E-state index contributed by atoms with van der Waals surface area (Å²) in [5, 5.41) is 14.7. The van der Waals surface area contributed by atoms with Crippen LogP contribution in [0.1, 0.15) is 24.4 Å². The van der Waals surface area contributed by atoms with Gasteiger partial charge in [-0.05, 0) is 25.1 Å². The van der Waals surface area contributed by atoms with Gasteiger partial charge in [-0.15, -0.1) is 0 Å². The molecule has 0 aliphatic heterocycles. The molecular weight excluding hydrogens is 226 g/mol. The highest BCUT2D eigenvalue weighted by Gasteiger charge is 2.18. The number of nitrogens with zero attached hydrogens (tertiary/aromatic N) is 3. The van der Waals surface area contributed by atoms with Crippen LogP contribution in [0.25, 0.3) is 0 Å². The second-order valence-corrected chi connectivity index (χ2v) is 3.75. The van der Waals surface area contributed by atoms with Gasteiger partial charge in [0, 0.05) is 18.9 Å². The number of aryl methyl sites for hydroxylation is 1. The first kappa shape index (κ1) is 11.1. The summed E-state index contributed by atoms with van der Waals surface area (Å²) in [4.78, 5) is 4.09. The molecule has 1 unspecified atom stereocenters. The summed E-state index contributed by atoms with van der Waals surface area (Å²) in [6.07, 6.45) is 2.42. The van der Waals surface area contributed by atoms with Crippen molar-refractivity contribution in [2.24, 2.45) is 0 Å². The molecule has 0 saturated heterocycles. The van der Waals surface area contributed by atoms with Gasteiger partial charge in [-0.3, -0.25) is 9.67 Å². The van der Waals surface area contributed by atoms with Crippen molar-refractivity contribution in [2.75, 3.05) is 0 Å². The topological polar surface area (TPSA) is 50.9 Å². The van der Waals surface area contributed by atoms with E-state index in [0.29, 0.717) is 23.0 Å². The van der Waals surface area contributed by atoms with Gasteiger partial charge in [0.25, 0.3) is 0 Å². The lowest BCUT2D eigenvalue weighted by Gasteiger charge is -2.12. The average Bonchev–Trinajstić information content (AvgIpc) is 2.77. The summed E-state index contributed by atoms with van der Waals surface area (Å²) in [5.41, 5.74) is 1.16. The molecule has 2 rings (SSSR count). The quantitative estimate of drug-likeness (QED) is 0.889. The van der Waals surface area contributed by atoms with E-state index >= 15 is 0 Å². The van der Waals surface area contributed by atoms with Crippen LogP contribution < -0.4 is 0 Å². The standard InChI is InChI=1S/C11H12ClN3O/c1-2-15-9(5-7-14-15)11(16)10-8(12)4-3-6-13-10/h3-7,11,16H,2H2,1H3. The highest BCUT2D eigenvalue weighted by molar-refractivity contribution is 6.31. The molecule has 4 nitrogen and oxygen atoms in total. The second-order valence-electron chi connectivity index (χ2n) is 3.34. The Balaban J connectivity index is 2.39. The Morgan fingerprint density at radius 1 is 1.44 bits per heavy atom. The maximum Gasteiger partial charge on any atom is 0.139 e. The van der Waals surface area contributed by atoms with Gasteiger partial charge in [-0.1, -0.05) is 11.6 Å². The van der Waals surface area contributed by atoms with Gasteiger partial charge in [0.1, 0.15) is 6.10 Å². The molecule has 0 saturated carbocycles. The number of aromatic nitrogens is 3. The van der Waals surface area contributed by atoms with Gasteiger partial charge < -0.3 is 5.11 Å². The van der Waals surface area contributed by atoms with Crippen LogP contribution in [0, 0.1) is 0 Å². The highest BCUT2D eigenvalue weighted by atomic mass is 35.5. The van der Waals surface area contributed by atoms with Crippen molar-refractivity contribution in [3.63, 3.8) is 0 Å². The number of rotatable bonds is 3. The molecule has 0 bridgehead atoms. The summed E-state index contributed by atoms with van der Waals surface area (Å²) in [5.74, 6) is 0. The van der Waals surface area contributed by atoms with E-state index in [1.54, 1.807) is 35.3 Å². The zero-order chi connectivity index (χ0) is 11.5. The number of pyridine rings is 1. The predicted octanol–water partition coefficient (Wildman–Crippen LogP) is 2.03.